The monoisotopic (exact) mass is 526 g/mol. The van der Waals surface area contributed by atoms with Gasteiger partial charge in [-0.25, -0.2) is 14.0 Å². The third-order valence-corrected chi connectivity index (χ3v) is 7.43. The van der Waals surface area contributed by atoms with Gasteiger partial charge in [-0.15, -0.1) is 0 Å². The van der Waals surface area contributed by atoms with Crippen LogP contribution in [0.25, 0.3) is 0 Å². The Morgan fingerprint density at radius 2 is 2.03 bits per heavy atom. The topological polar surface area (TPSA) is 103 Å². The van der Waals surface area contributed by atoms with Crippen molar-refractivity contribution in [2.75, 3.05) is 39.8 Å². The van der Waals surface area contributed by atoms with E-state index in [1.807, 2.05) is 30.1 Å². The number of urea groups is 1. The molecule has 1 aliphatic carbocycles. The predicted molar refractivity (Wildman–Crippen MR) is 138 cm³/mol. The van der Waals surface area contributed by atoms with Gasteiger partial charge >= 0.3 is 12.1 Å². The number of alkyl halides is 1. The van der Waals surface area contributed by atoms with E-state index in [1.54, 1.807) is 6.07 Å². The largest absolute Gasteiger partial charge is 0.465 e. The average Bonchev–Trinajstić information content (AvgIpc) is 2.85. The Labute approximate surface area is 218 Å². The first-order valence-corrected chi connectivity index (χ1v) is 13.4. The minimum atomic E-state index is -1.09. The molecule has 1 aliphatic heterocycles. The van der Waals surface area contributed by atoms with Crippen molar-refractivity contribution >= 4 is 23.7 Å². The van der Waals surface area contributed by atoms with Gasteiger partial charge in [0.1, 0.15) is 6.17 Å². The molecule has 1 aromatic carbocycles. The third-order valence-electron chi connectivity index (χ3n) is 7.20. The molecule has 8 nitrogen and oxygen atoms in total. The second kappa shape index (κ2) is 14.6. The van der Waals surface area contributed by atoms with Crippen LogP contribution in [0.4, 0.5) is 14.0 Å². The molecule has 0 spiro atoms. The number of piperidine rings is 1. The summed E-state index contributed by atoms with van der Waals surface area (Å²) in [5, 5.41) is 18.2. The first-order valence-electron chi connectivity index (χ1n) is 13.0. The van der Waals surface area contributed by atoms with Gasteiger partial charge in [-0.05, 0) is 75.6 Å². The summed E-state index contributed by atoms with van der Waals surface area (Å²) in [5.74, 6) is 0.486. The van der Waals surface area contributed by atoms with Gasteiger partial charge in [-0.3, -0.25) is 0 Å². The van der Waals surface area contributed by atoms with E-state index in [1.165, 1.54) is 0 Å². The van der Waals surface area contributed by atoms with Gasteiger partial charge in [0, 0.05) is 43.2 Å². The number of rotatable bonds is 11. The zero-order valence-electron chi connectivity index (χ0n) is 21.1. The van der Waals surface area contributed by atoms with Gasteiger partial charge in [0.25, 0.3) is 0 Å². The molecule has 1 heterocycles. The fraction of sp³-hybridized carbons (Fsp3) is 0.692. The van der Waals surface area contributed by atoms with Crippen molar-refractivity contribution in [1.82, 2.24) is 20.9 Å². The average molecular weight is 527 g/mol. The molecule has 1 aromatic rings. The van der Waals surface area contributed by atoms with E-state index in [-0.39, 0.29) is 37.2 Å². The Kier molecular flexibility index (Phi) is 11.5. The molecule has 0 unspecified atom stereocenters. The maximum Gasteiger partial charge on any atom is 0.404 e. The van der Waals surface area contributed by atoms with Gasteiger partial charge < -0.3 is 30.7 Å². The minimum Gasteiger partial charge on any atom is -0.465 e. The van der Waals surface area contributed by atoms with Crippen LogP contribution in [0.1, 0.15) is 56.6 Å². The van der Waals surface area contributed by atoms with Crippen LogP contribution in [0.15, 0.2) is 24.3 Å². The summed E-state index contributed by atoms with van der Waals surface area (Å²) in [6.45, 7) is 2.28. The maximum absolute atomic E-state index is 13.5. The Morgan fingerprint density at radius 1 is 1.25 bits per heavy atom. The Hall–Kier alpha value is -2.10. The predicted octanol–water partition coefficient (Wildman–Crippen LogP) is 4.59. The lowest BCUT2D eigenvalue weighted by molar-refractivity contribution is -0.00851. The second-order valence-electron chi connectivity index (χ2n) is 9.98. The molecule has 1 saturated heterocycles. The number of nitrogens with one attached hydrogen (secondary N) is 3. The van der Waals surface area contributed by atoms with Crippen LogP contribution in [-0.4, -0.2) is 74.2 Å². The van der Waals surface area contributed by atoms with E-state index in [0.717, 1.165) is 37.7 Å². The summed E-state index contributed by atoms with van der Waals surface area (Å²) < 4.78 is 19.7. The van der Waals surface area contributed by atoms with Gasteiger partial charge in [0.05, 0.1) is 12.7 Å². The summed E-state index contributed by atoms with van der Waals surface area (Å²) in [6.07, 6.45) is 3.49. The number of carbonyl (C=O) groups excluding carboxylic acids is 1. The van der Waals surface area contributed by atoms with Gasteiger partial charge in [0.2, 0.25) is 0 Å². The lowest BCUT2D eigenvalue weighted by atomic mass is 9.84. The summed E-state index contributed by atoms with van der Waals surface area (Å²) in [6, 6.07) is 7.40. The van der Waals surface area contributed by atoms with Gasteiger partial charge in [-0.2, -0.15) is 0 Å². The fourth-order valence-corrected chi connectivity index (χ4v) is 5.64. The minimum absolute atomic E-state index is 0.00823. The van der Waals surface area contributed by atoms with Crippen LogP contribution in [0.5, 0.6) is 0 Å². The number of nitrogens with zero attached hydrogens (tertiary/aromatic N) is 1. The van der Waals surface area contributed by atoms with Crippen LogP contribution in [0.2, 0.25) is 5.02 Å². The molecule has 2 fully saturated rings. The number of benzene rings is 1. The lowest BCUT2D eigenvalue weighted by Gasteiger charge is -2.38. The number of carboxylic acid groups (broad SMARTS) is 1. The maximum atomic E-state index is 13.5. The van der Waals surface area contributed by atoms with Crippen molar-refractivity contribution in [2.24, 2.45) is 11.8 Å². The molecule has 2 aliphatic rings. The van der Waals surface area contributed by atoms with Crippen LogP contribution < -0.4 is 16.0 Å². The van der Waals surface area contributed by atoms with Crippen LogP contribution in [-0.2, 0) is 4.74 Å². The highest BCUT2D eigenvalue weighted by atomic mass is 35.5. The highest BCUT2D eigenvalue weighted by Crippen LogP contribution is 2.34. The number of likely N-dealkylation sites (tertiary alicyclic amines) is 1. The zero-order valence-corrected chi connectivity index (χ0v) is 21.8. The Morgan fingerprint density at radius 3 is 2.72 bits per heavy atom. The molecule has 36 heavy (non-hydrogen) atoms. The molecular weight excluding hydrogens is 487 g/mol. The summed E-state index contributed by atoms with van der Waals surface area (Å²) in [5.41, 5.74) is 0.918. The number of hydrogen-bond donors (Lipinski definition) is 4. The van der Waals surface area contributed by atoms with Crippen molar-refractivity contribution in [2.45, 2.75) is 63.3 Å². The van der Waals surface area contributed by atoms with Gasteiger partial charge in [-0.1, -0.05) is 23.7 Å². The summed E-state index contributed by atoms with van der Waals surface area (Å²) in [7, 11) is 1.88. The molecule has 3 amide bonds. The van der Waals surface area contributed by atoms with E-state index >= 15 is 0 Å². The molecule has 1 saturated carbocycles. The van der Waals surface area contributed by atoms with Crippen molar-refractivity contribution < 1.29 is 23.8 Å². The second-order valence-corrected chi connectivity index (χ2v) is 10.4. The fourth-order valence-electron chi connectivity index (χ4n) is 5.44. The summed E-state index contributed by atoms with van der Waals surface area (Å²) >= 11 is 6.24. The molecule has 3 rings (SSSR count). The first-order chi connectivity index (χ1) is 17.4. The molecule has 10 heteroatoms. The van der Waals surface area contributed by atoms with Crippen LogP contribution >= 0.6 is 11.6 Å². The lowest BCUT2D eigenvalue weighted by Crippen LogP contribution is -2.52. The van der Waals surface area contributed by atoms with E-state index in [2.05, 4.69) is 16.0 Å². The van der Waals surface area contributed by atoms with Crippen LogP contribution in [0.3, 0.4) is 0 Å². The SMILES string of the molecule is CNC[C@H](C[C@H]1CC[C@H](F)CC1)NC(=O)N1CCC[C@@H]([C@@H](OCCNC(=O)O)c2cccc(Cl)c2)C1. The number of ether oxygens (including phenoxy) is 1. The number of carbonyl (C=O) groups is 2. The van der Waals surface area contributed by atoms with E-state index in [9.17, 15) is 14.0 Å². The zero-order chi connectivity index (χ0) is 25.9. The smallest absolute Gasteiger partial charge is 0.404 e. The van der Waals surface area contributed by atoms with Gasteiger partial charge in [0.15, 0.2) is 0 Å². The normalized spacial score (nSPS) is 24.1. The molecule has 4 N–H and O–H groups in total. The number of likely N-dealkylation sites (N-methyl/N-ethyl adjacent to an activating group) is 1. The quantitative estimate of drug-likeness (QED) is 0.316. The molecule has 0 radical (unpaired) electrons. The molecule has 0 aromatic heterocycles. The molecular formula is C26H40ClFN4O4. The van der Waals surface area contributed by atoms with E-state index in [0.29, 0.717) is 43.4 Å². The Balaban J connectivity index is 1.61. The van der Waals surface area contributed by atoms with Crippen molar-refractivity contribution in [3.8, 4) is 0 Å². The molecule has 202 valence electrons. The van der Waals surface area contributed by atoms with Crippen molar-refractivity contribution in [1.29, 1.82) is 0 Å². The molecule has 0 bridgehead atoms. The number of halogens is 2. The highest BCUT2D eigenvalue weighted by Gasteiger charge is 2.32. The van der Waals surface area contributed by atoms with Crippen molar-refractivity contribution in [3.63, 3.8) is 0 Å². The highest BCUT2D eigenvalue weighted by molar-refractivity contribution is 6.30. The van der Waals surface area contributed by atoms with Crippen LogP contribution in [0, 0.1) is 11.8 Å². The van der Waals surface area contributed by atoms with E-state index in [4.69, 9.17) is 21.4 Å². The first kappa shape index (κ1) is 28.5. The summed E-state index contributed by atoms with van der Waals surface area (Å²) in [4.78, 5) is 25.9. The van der Waals surface area contributed by atoms with E-state index < -0.39 is 12.3 Å². The number of hydrogen-bond acceptors (Lipinski definition) is 4. The van der Waals surface area contributed by atoms with Crippen molar-refractivity contribution in [3.05, 3.63) is 34.9 Å². The number of amides is 3. The molecule has 3 atom stereocenters. The standard InChI is InChI=1S/C26H40ClFN4O4/c1-29-16-23(14-18-7-9-22(28)10-8-18)31-25(33)32-12-3-5-20(17-32)24(36-13-11-30-26(34)35)19-4-2-6-21(27)15-19/h2,4,6,15,18,20,22-24,29-30H,3,5,7-14,16-17H2,1H3,(H,31,33)(H,34,35)/t18-,20-,22-,23+,24+/m1/s1. The third kappa shape index (κ3) is 9.09. The Bertz CT molecular complexity index is 840.